The number of carbonyl (C=O) groups excluding carboxylic acids is 1. The minimum atomic E-state index is -0.105. The maximum Gasteiger partial charge on any atom is 0.238 e. The number of rotatable bonds is 7. The van der Waals surface area contributed by atoms with Crippen molar-refractivity contribution < 1.29 is 9.53 Å². The minimum Gasteiger partial charge on any atom is -0.497 e. The molecule has 1 aromatic rings. The molecule has 0 heterocycles. The van der Waals surface area contributed by atoms with Crippen LogP contribution >= 0.6 is 12.2 Å². The molecule has 104 valence electrons. The maximum atomic E-state index is 11.9. The van der Waals surface area contributed by atoms with E-state index in [0.717, 1.165) is 0 Å². The standard InChI is InChI=1S/C13H19N3O2S/c1-3-16(8-12(14)19)9-13(17)15-10-5-4-6-11(7-10)18-2/h4-7H,3,8-9H2,1-2H3,(H2,14,19)(H,15,17). The monoisotopic (exact) mass is 281 g/mol. The zero-order valence-electron chi connectivity index (χ0n) is 11.2. The van der Waals surface area contributed by atoms with Crippen LogP contribution in [0.3, 0.4) is 0 Å². The number of nitrogens with zero attached hydrogens (tertiary/aromatic N) is 1. The van der Waals surface area contributed by atoms with Crippen LogP contribution in [-0.4, -0.2) is 42.5 Å². The van der Waals surface area contributed by atoms with Crippen molar-refractivity contribution in [1.29, 1.82) is 0 Å². The molecular weight excluding hydrogens is 262 g/mol. The van der Waals surface area contributed by atoms with Crippen molar-refractivity contribution in [2.24, 2.45) is 5.73 Å². The predicted octanol–water partition coefficient (Wildman–Crippen LogP) is 1.24. The van der Waals surface area contributed by atoms with Gasteiger partial charge >= 0.3 is 0 Å². The summed E-state index contributed by atoms with van der Waals surface area (Å²) < 4.78 is 5.10. The lowest BCUT2D eigenvalue weighted by Crippen LogP contribution is -2.38. The average molecular weight is 281 g/mol. The van der Waals surface area contributed by atoms with Crippen molar-refractivity contribution in [2.75, 3.05) is 32.1 Å². The SMILES string of the molecule is CCN(CC(=O)Nc1cccc(OC)c1)CC(N)=S. The van der Waals surface area contributed by atoms with Gasteiger partial charge in [0.15, 0.2) is 0 Å². The molecule has 0 saturated carbocycles. The molecule has 0 spiro atoms. The van der Waals surface area contributed by atoms with Crippen LogP contribution in [0.2, 0.25) is 0 Å². The van der Waals surface area contributed by atoms with Gasteiger partial charge in [-0.2, -0.15) is 0 Å². The lowest BCUT2D eigenvalue weighted by atomic mass is 10.3. The summed E-state index contributed by atoms with van der Waals surface area (Å²) in [6.45, 7) is 3.36. The van der Waals surface area contributed by atoms with Crippen LogP contribution in [0.4, 0.5) is 5.69 Å². The summed E-state index contributed by atoms with van der Waals surface area (Å²) in [5.74, 6) is 0.597. The van der Waals surface area contributed by atoms with Gasteiger partial charge in [0.2, 0.25) is 5.91 Å². The van der Waals surface area contributed by atoms with Crippen molar-refractivity contribution in [3.8, 4) is 5.75 Å². The van der Waals surface area contributed by atoms with E-state index in [1.807, 2.05) is 30.0 Å². The van der Waals surface area contributed by atoms with Crippen LogP contribution in [0.15, 0.2) is 24.3 Å². The number of likely N-dealkylation sites (N-methyl/N-ethyl adjacent to an activating group) is 1. The number of anilines is 1. The Bertz CT molecular complexity index is 451. The van der Waals surface area contributed by atoms with E-state index in [4.69, 9.17) is 22.7 Å². The highest BCUT2D eigenvalue weighted by Gasteiger charge is 2.10. The van der Waals surface area contributed by atoms with Crippen LogP contribution in [-0.2, 0) is 4.79 Å². The van der Waals surface area contributed by atoms with Crippen molar-refractivity contribution in [3.05, 3.63) is 24.3 Å². The molecule has 3 N–H and O–H groups in total. The molecule has 0 aliphatic rings. The van der Waals surface area contributed by atoms with Gasteiger partial charge in [-0.3, -0.25) is 9.69 Å². The summed E-state index contributed by atoms with van der Waals surface area (Å²) in [5, 5.41) is 2.81. The van der Waals surface area contributed by atoms with Gasteiger partial charge < -0.3 is 15.8 Å². The van der Waals surface area contributed by atoms with Crippen LogP contribution in [0, 0.1) is 0 Å². The van der Waals surface area contributed by atoms with Crippen LogP contribution < -0.4 is 15.8 Å². The second-order valence-electron chi connectivity index (χ2n) is 4.05. The lowest BCUT2D eigenvalue weighted by molar-refractivity contribution is -0.117. The van der Waals surface area contributed by atoms with Crippen molar-refractivity contribution in [3.63, 3.8) is 0 Å². The molecule has 0 unspecified atom stereocenters. The fourth-order valence-corrected chi connectivity index (χ4v) is 1.79. The molecular formula is C13H19N3O2S. The zero-order chi connectivity index (χ0) is 14.3. The molecule has 1 aromatic carbocycles. The maximum absolute atomic E-state index is 11.9. The summed E-state index contributed by atoms with van der Waals surface area (Å²) in [4.78, 5) is 14.1. The average Bonchev–Trinajstić information content (AvgIpc) is 2.37. The van der Waals surface area contributed by atoms with Crippen LogP contribution in [0.1, 0.15) is 6.92 Å². The Morgan fingerprint density at radius 3 is 2.79 bits per heavy atom. The Morgan fingerprint density at radius 1 is 1.47 bits per heavy atom. The highest BCUT2D eigenvalue weighted by Crippen LogP contribution is 2.16. The molecule has 6 heteroatoms. The van der Waals surface area contributed by atoms with E-state index in [2.05, 4.69) is 5.32 Å². The fourth-order valence-electron chi connectivity index (χ4n) is 1.60. The number of benzene rings is 1. The molecule has 0 fully saturated rings. The first-order chi connectivity index (χ1) is 9.05. The Morgan fingerprint density at radius 2 is 2.21 bits per heavy atom. The molecule has 19 heavy (non-hydrogen) atoms. The summed E-state index contributed by atoms with van der Waals surface area (Å²) in [7, 11) is 1.59. The quantitative estimate of drug-likeness (QED) is 0.736. The number of hydrogen-bond donors (Lipinski definition) is 2. The van der Waals surface area contributed by atoms with Crippen molar-refractivity contribution >= 4 is 28.8 Å². The van der Waals surface area contributed by atoms with E-state index in [-0.39, 0.29) is 12.5 Å². The van der Waals surface area contributed by atoms with Gasteiger partial charge in [0.25, 0.3) is 0 Å². The third kappa shape index (κ3) is 5.67. The third-order valence-electron chi connectivity index (χ3n) is 2.55. The summed E-state index contributed by atoms with van der Waals surface area (Å²) >= 11 is 4.84. The highest BCUT2D eigenvalue weighted by molar-refractivity contribution is 7.80. The first kappa shape index (κ1) is 15.4. The molecule has 1 amide bonds. The highest BCUT2D eigenvalue weighted by atomic mass is 32.1. The second kappa shape index (κ2) is 7.70. The number of hydrogen-bond acceptors (Lipinski definition) is 4. The lowest BCUT2D eigenvalue weighted by Gasteiger charge is -2.18. The number of nitrogens with two attached hydrogens (primary N) is 1. The molecule has 0 atom stereocenters. The summed E-state index contributed by atoms with van der Waals surface area (Å²) in [6, 6.07) is 7.22. The normalized spacial score (nSPS) is 10.3. The third-order valence-corrected chi connectivity index (χ3v) is 2.68. The molecule has 0 bridgehead atoms. The van der Waals surface area contributed by atoms with E-state index in [9.17, 15) is 4.79 Å². The smallest absolute Gasteiger partial charge is 0.238 e. The van der Waals surface area contributed by atoms with E-state index >= 15 is 0 Å². The molecule has 0 aliphatic carbocycles. The molecule has 0 aromatic heterocycles. The minimum absolute atomic E-state index is 0.105. The summed E-state index contributed by atoms with van der Waals surface area (Å²) in [6.07, 6.45) is 0. The van der Waals surface area contributed by atoms with Gasteiger partial charge in [0.05, 0.1) is 18.6 Å². The topological polar surface area (TPSA) is 67.6 Å². The van der Waals surface area contributed by atoms with Crippen molar-refractivity contribution in [2.45, 2.75) is 6.92 Å². The van der Waals surface area contributed by atoms with Gasteiger partial charge in [0.1, 0.15) is 5.75 Å². The number of methoxy groups -OCH3 is 1. The van der Waals surface area contributed by atoms with E-state index in [1.54, 1.807) is 13.2 Å². The Hall–Kier alpha value is -1.66. The first-order valence-corrected chi connectivity index (χ1v) is 6.40. The van der Waals surface area contributed by atoms with Crippen molar-refractivity contribution in [1.82, 2.24) is 4.90 Å². The van der Waals surface area contributed by atoms with Gasteiger partial charge in [-0.1, -0.05) is 25.2 Å². The van der Waals surface area contributed by atoms with E-state index < -0.39 is 0 Å². The number of carbonyl (C=O) groups is 1. The fraction of sp³-hybridized carbons (Fsp3) is 0.385. The van der Waals surface area contributed by atoms with Gasteiger partial charge in [0, 0.05) is 18.3 Å². The molecule has 0 saturated heterocycles. The Balaban J connectivity index is 2.56. The number of thiocarbonyl (C=S) groups is 1. The van der Waals surface area contributed by atoms with Gasteiger partial charge in [-0.25, -0.2) is 0 Å². The molecule has 5 nitrogen and oxygen atoms in total. The molecule has 0 radical (unpaired) electrons. The first-order valence-electron chi connectivity index (χ1n) is 5.99. The second-order valence-corrected chi connectivity index (χ2v) is 4.57. The predicted molar refractivity (Wildman–Crippen MR) is 80.5 cm³/mol. The van der Waals surface area contributed by atoms with E-state index in [1.165, 1.54) is 0 Å². The Labute approximate surface area is 118 Å². The van der Waals surface area contributed by atoms with E-state index in [0.29, 0.717) is 29.5 Å². The van der Waals surface area contributed by atoms with Gasteiger partial charge in [-0.15, -0.1) is 0 Å². The molecule has 1 rings (SSSR count). The van der Waals surface area contributed by atoms with Crippen LogP contribution in [0.5, 0.6) is 5.75 Å². The number of nitrogens with one attached hydrogen (secondary N) is 1. The number of ether oxygens (including phenoxy) is 1. The van der Waals surface area contributed by atoms with Gasteiger partial charge in [-0.05, 0) is 18.7 Å². The molecule has 0 aliphatic heterocycles. The Kier molecular flexibility index (Phi) is 6.24. The van der Waals surface area contributed by atoms with Crippen LogP contribution in [0.25, 0.3) is 0 Å². The summed E-state index contributed by atoms with van der Waals surface area (Å²) in [5.41, 5.74) is 6.18. The number of amides is 1. The largest absolute Gasteiger partial charge is 0.497 e. The zero-order valence-corrected chi connectivity index (χ0v) is 12.0.